The molecule has 134 valence electrons. The van der Waals surface area contributed by atoms with E-state index < -0.39 is 5.82 Å². The van der Waals surface area contributed by atoms with Crippen molar-refractivity contribution >= 4 is 17.4 Å². The Hall–Kier alpha value is -2.59. The number of hydrogen-bond acceptors (Lipinski definition) is 3. The Morgan fingerprint density at radius 1 is 1.12 bits per heavy atom. The molecule has 0 radical (unpaired) electrons. The van der Waals surface area contributed by atoms with E-state index in [0.717, 1.165) is 6.54 Å². The zero-order valence-corrected chi connectivity index (χ0v) is 15.4. The molecule has 1 aromatic heterocycles. The Kier molecular flexibility index (Phi) is 5.43. The van der Waals surface area contributed by atoms with Gasteiger partial charge in [0.25, 0.3) is 0 Å². The second-order valence-corrected chi connectivity index (χ2v) is 6.92. The number of halogens is 2. The number of hydrogen-bond donors (Lipinski definition) is 2. The van der Waals surface area contributed by atoms with Crippen LogP contribution >= 0.6 is 11.6 Å². The quantitative estimate of drug-likeness (QED) is 0.580. The number of anilines is 1. The number of phenols is 1. The lowest BCUT2D eigenvalue weighted by molar-refractivity contribution is 0.477. The summed E-state index contributed by atoms with van der Waals surface area (Å²) in [7, 11) is 0. The number of rotatable bonds is 5. The highest BCUT2D eigenvalue weighted by molar-refractivity contribution is 6.33. The Morgan fingerprint density at radius 2 is 1.88 bits per heavy atom. The summed E-state index contributed by atoms with van der Waals surface area (Å²) in [4.78, 5) is 4.58. The monoisotopic (exact) mass is 370 g/mol. The van der Waals surface area contributed by atoms with Crippen LogP contribution < -0.4 is 5.32 Å². The van der Waals surface area contributed by atoms with Gasteiger partial charge in [0.2, 0.25) is 0 Å². The van der Waals surface area contributed by atoms with Crippen molar-refractivity contribution in [1.82, 2.24) is 4.98 Å². The largest absolute Gasteiger partial charge is 0.507 e. The molecule has 0 fully saturated rings. The zero-order chi connectivity index (χ0) is 18.7. The first-order chi connectivity index (χ1) is 12.5. The average molecular weight is 371 g/mol. The first-order valence-electron chi connectivity index (χ1n) is 8.44. The van der Waals surface area contributed by atoms with E-state index in [1.807, 2.05) is 6.07 Å². The molecule has 2 N–H and O–H groups in total. The van der Waals surface area contributed by atoms with E-state index in [4.69, 9.17) is 11.6 Å². The summed E-state index contributed by atoms with van der Waals surface area (Å²) in [6, 6.07) is 15.1. The van der Waals surface area contributed by atoms with Crippen LogP contribution in [0.5, 0.6) is 5.75 Å². The summed E-state index contributed by atoms with van der Waals surface area (Å²) in [5.74, 6) is 0.744. The first kappa shape index (κ1) is 18.2. The molecule has 0 amide bonds. The Balaban J connectivity index is 2.16. The molecule has 26 heavy (non-hydrogen) atoms. The van der Waals surface area contributed by atoms with Crippen molar-refractivity contribution in [1.29, 1.82) is 0 Å². The molecule has 0 spiro atoms. The maximum Gasteiger partial charge on any atom is 0.132 e. The SMILES string of the molecule is CC(C)CNc1cc(-c2c(F)cccc2Cl)cc(-c2ccccc2O)n1. The first-order valence-corrected chi connectivity index (χ1v) is 8.82. The predicted molar refractivity (Wildman–Crippen MR) is 105 cm³/mol. The standard InChI is InChI=1S/C21H20ClFN2O/c1-13(2)12-24-20-11-14(21-16(22)7-5-8-17(21)23)10-18(25-20)15-6-3-4-9-19(15)26/h3-11,13,26H,12H2,1-2H3,(H,24,25). The molecular weight excluding hydrogens is 351 g/mol. The number of pyridine rings is 1. The van der Waals surface area contributed by atoms with Gasteiger partial charge in [0, 0.05) is 17.7 Å². The number of aromatic hydroxyl groups is 1. The summed E-state index contributed by atoms with van der Waals surface area (Å²) in [6.45, 7) is 4.91. The smallest absolute Gasteiger partial charge is 0.132 e. The van der Waals surface area contributed by atoms with Gasteiger partial charge in [0.05, 0.1) is 10.7 Å². The van der Waals surface area contributed by atoms with Crippen LogP contribution in [0, 0.1) is 11.7 Å². The van der Waals surface area contributed by atoms with Gasteiger partial charge in [-0.15, -0.1) is 0 Å². The number of nitrogens with zero attached hydrogens (tertiary/aromatic N) is 1. The minimum Gasteiger partial charge on any atom is -0.507 e. The maximum absolute atomic E-state index is 14.4. The lowest BCUT2D eigenvalue weighted by Gasteiger charge is -2.14. The molecule has 0 saturated heterocycles. The number of para-hydroxylation sites is 1. The Bertz CT molecular complexity index is 907. The van der Waals surface area contributed by atoms with Crippen LogP contribution in [0.2, 0.25) is 5.02 Å². The third kappa shape index (κ3) is 3.97. The molecule has 0 aliphatic heterocycles. The van der Waals surface area contributed by atoms with Crippen LogP contribution in [0.4, 0.5) is 10.2 Å². The number of phenolic OH excluding ortho intramolecular Hbond substituents is 1. The highest BCUT2D eigenvalue weighted by atomic mass is 35.5. The number of aromatic nitrogens is 1. The molecular formula is C21H20ClFN2O. The van der Waals surface area contributed by atoms with E-state index in [1.165, 1.54) is 6.07 Å². The predicted octanol–water partition coefficient (Wildman–Crippen LogP) is 5.98. The molecule has 0 bridgehead atoms. The molecule has 3 rings (SSSR count). The third-order valence-electron chi connectivity index (χ3n) is 3.95. The molecule has 0 aliphatic carbocycles. The van der Waals surface area contributed by atoms with Gasteiger partial charge in [-0.1, -0.05) is 43.6 Å². The van der Waals surface area contributed by atoms with Gasteiger partial charge in [-0.25, -0.2) is 9.37 Å². The number of benzene rings is 2. The Labute approximate surface area is 157 Å². The third-order valence-corrected chi connectivity index (χ3v) is 4.26. The summed E-state index contributed by atoms with van der Waals surface area (Å²) in [5, 5.41) is 13.8. The van der Waals surface area contributed by atoms with E-state index in [9.17, 15) is 9.50 Å². The van der Waals surface area contributed by atoms with Gasteiger partial charge in [-0.05, 0) is 47.9 Å². The molecule has 0 saturated carbocycles. The highest BCUT2D eigenvalue weighted by Crippen LogP contribution is 2.36. The fourth-order valence-corrected chi connectivity index (χ4v) is 2.95. The van der Waals surface area contributed by atoms with Crippen molar-refractivity contribution in [3.8, 4) is 28.1 Å². The Morgan fingerprint density at radius 3 is 2.58 bits per heavy atom. The van der Waals surface area contributed by atoms with Crippen LogP contribution in [0.15, 0.2) is 54.6 Å². The van der Waals surface area contributed by atoms with Crippen molar-refractivity contribution in [2.24, 2.45) is 5.92 Å². The van der Waals surface area contributed by atoms with Crippen molar-refractivity contribution in [3.05, 3.63) is 65.4 Å². The molecule has 3 aromatic rings. The fraction of sp³-hybridized carbons (Fsp3) is 0.190. The van der Waals surface area contributed by atoms with Gasteiger partial charge in [0.1, 0.15) is 17.4 Å². The molecule has 0 atom stereocenters. The summed E-state index contributed by atoms with van der Waals surface area (Å²) in [6.07, 6.45) is 0. The normalized spacial score (nSPS) is 11.0. The lowest BCUT2D eigenvalue weighted by atomic mass is 10.0. The van der Waals surface area contributed by atoms with Crippen molar-refractivity contribution in [3.63, 3.8) is 0 Å². The van der Waals surface area contributed by atoms with Crippen molar-refractivity contribution < 1.29 is 9.50 Å². The van der Waals surface area contributed by atoms with Crippen molar-refractivity contribution in [2.75, 3.05) is 11.9 Å². The molecule has 5 heteroatoms. The van der Waals surface area contributed by atoms with Gasteiger partial charge in [-0.3, -0.25) is 0 Å². The molecule has 2 aromatic carbocycles. The molecule has 0 aliphatic rings. The average Bonchev–Trinajstić information content (AvgIpc) is 2.60. The minimum atomic E-state index is -0.401. The van der Waals surface area contributed by atoms with Crippen molar-refractivity contribution in [2.45, 2.75) is 13.8 Å². The number of nitrogens with one attached hydrogen (secondary N) is 1. The van der Waals surface area contributed by atoms with Crippen LogP contribution in [0.25, 0.3) is 22.4 Å². The van der Waals surface area contributed by atoms with E-state index in [0.29, 0.717) is 39.1 Å². The molecule has 0 unspecified atom stereocenters. The minimum absolute atomic E-state index is 0.117. The van der Waals surface area contributed by atoms with E-state index in [-0.39, 0.29) is 5.75 Å². The van der Waals surface area contributed by atoms with E-state index >= 15 is 0 Å². The van der Waals surface area contributed by atoms with E-state index in [2.05, 4.69) is 24.1 Å². The van der Waals surface area contributed by atoms with Crippen LogP contribution in [-0.4, -0.2) is 16.6 Å². The second-order valence-electron chi connectivity index (χ2n) is 6.51. The zero-order valence-electron chi connectivity index (χ0n) is 14.6. The fourth-order valence-electron chi connectivity index (χ4n) is 2.68. The van der Waals surface area contributed by atoms with E-state index in [1.54, 1.807) is 42.5 Å². The van der Waals surface area contributed by atoms with Gasteiger partial charge >= 0.3 is 0 Å². The van der Waals surface area contributed by atoms with Gasteiger partial charge in [0.15, 0.2) is 0 Å². The summed E-state index contributed by atoms with van der Waals surface area (Å²) in [5.41, 5.74) is 2.05. The molecule has 1 heterocycles. The van der Waals surface area contributed by atoms with Crippen LogP contribution in [0.3, 0.4) is 0 Å². The maximum atomic E-state index is 14.4. The summed E-state index contributed by atoms with van der Waals surface area (Å²) >= 11 is 6.24. The van der Waals surface area contributed by atoms with Crippen LogP contribution in [-0.2, 0) is 0 Å². The highest BCUT2D eigenvalue weighted by Gasteiger charge is 2.15. The topological polar surface area (TPSA) is 45.1 Å². The summed E-state index contributed by atoms with van der Waals surface area (Å²) < 4.78 is 14.4. The second kappa shape index (κ2) is 7.75. The molecule has 3 nitrogen and oxygen atoms in total. The van der Waals surface area contributed by atoms with Crippen LogP contribution in [0.1, 0.15) is 13.8 Å². The lowest BCUT2D eigenvalue weighted by Crippen LogP contribution is -2.09. The van der Waals surface area contributed by atoms with Gasteiger partial charge < -0.3 is 10.4 Å². The van der Waals surface area contributed by atoms with Gasteiger partial charge in [-0.2, -0.15) is 0 Å².